The van der Waals surface area contributed by atoms with E-state index in [9.17, 15) is 5.11 Å². The van der Waals surface area contributed by atoms with E-state index in [1.165, 1.54) is 0 Å². The van der Waals surface area contributed by atoms with Crippen LogP contribution in [0.4, 0.5) is 0 Å². The van der Waals surface area contributed by atoms with Gasteiger partial charge in [-0.05, 0) is 31.6 Å². The molecule has 0 saturated carbocycles. The second-order valence-electron chi connectivity index (χ2n) is 3.48. The first-order chi connectivity index (χ1) is 6.35. The zero-order valence-corrected chi connectivity index (χ0v) is 10.5. The molecule has 1 unspecified atom stereocenters. The minimum atomic E-state index is -1.07. The molecule has 1 rings (SSSR count). The maximum Gasteiger partial charge on any atom is 0.109 e. The van der Waals surface area contributed by atoms with Crippen molar-refractivity contribution in [3.8, 4) is 0 Å². The van der Waals surface area contributed by atoms with E-state index >= 15 is 0 Å². The Kier molecular flexibility index (Phi) is 3.40. The van der Waals surface area contributed by atoms with Crippen LogP contribution in [0.15, 0.2) is 34.8 Å². The largest absolute Gasteiger partial charge is 0.381 e. The SMILES string of the molecule is C=C(C)C(C)(O)c1ccc(Br)cc1Cl. The van der Waals surface area contributed by atoms with Crippen LogP contribution in [0.2, 0.25) is 5.02 Å². The molecule has 1 N–H and O–H groups in total. The lowest BCUT2D eigenvalue weighted by atomic mass is 9.90. The fourth-order valence-corrected chi connectivity index (χ4v) is 1.97. The Morgan fingerprint density at radius 3 is 2.57 bits per heavy atom. The maximum absolute atomic E-state index is 10.1. The van der Waals surface area contributed by atoms with Gasteiger partial charge in [0.1, 0.15) is 5.60 Å². The van der Waals surface area contributed by atoms with Gasteiger partial charge in [-0.3, -0.25) is 0 Å². The van der Waals surface area contributed by atoms with Gasteiger partial charge in [0.2, 0.25) is 0 Å². The number of benzene rings is 1. The van der Waals surface area contributed by atoms with Crippen LogP contribution in [-0.4, -0.2) is 5.11 Å². The van der Waals surface area contributed by atoms with Gasteiger partial charge in [0.25, 0.3) is 0 Å². The van der Waals surface area contributed by atoms with Gasteiger partial charge < -0.3 is 5.11 Å². The highest BCUT2D eigenvalue weighted by Gasteiger charge is 2.26. The highest BCUT2D eigenvalue weighted by Crippen LogP contribution is 2.34. The van der Waals surface area contributed by atoms with Gasteiger partial charge >= 0.3 is 0 Å². The summed E-state index contributed by atoms with van der Waals surface area (Å²) < 4.78 is 0.892. The van der Waals surface area contributed by atoms with E-state index in [1.54, 1.807) is 26.0 Å². The summed E-state index contributed by atoms with van der Waals surface area (Å²) in [6.07, 6.45) is 0. The van der Waals surface area contributed by atoms with Crippen molar-refractivity contribution in [1.82, 2.24) is 0 Å². The molecule has 1 nitrogen and oxygen atoms in total. The molecule has 1 atom stereocenters. The number of hydrogen-bond donors (Lipinski definition) is 1. The molecule has 0 aromatic heterocycles. The lowest BCUT2D eigenvalue weighted by molar-refractivity contribution is 0.0982. The first-order valence-corrected chi connectivity index (χ1v) is 5.36. The average Bonchev–Trinajstić information content (AvgIpc) is 2.02. The van der Waals surface area contributed by atoms with Gasteiger partial charge in [-0.2, -0.15) is 0 Å². The van der Waals surface area contributed by atoms with Crippen molar-refractivity contribution < 1.29 is 5.11 Å². The predicted molar refractivity (Wildman–Crippen MR) is 63.5 cm³/mol. The Morgan fingerprint density at radius 2 is 2.14 bits per heavy atom. The van der Waals surface area contributed by atoms with E-state index in [0.717, 1.165) is 4.47 Å². The zero-order chi connectivity index (χ0) is 10.9. The van der Waals surface area contributed by atoms with Gasteiger partial charge in [-0.25, -0.2) is 0 Å². The summed E-state index contributed by atoms with van der Waals surface area (Å²) in [6, 6.07) is 5.40. The van der Waals surface area contributed by atoms with Crippen molar-refractivity contribution in [3.05, 3.63) is 45.4 Å². The summed E-state index contributed by atoms with van der Waals surface area (Å²) in [5.74, 6) is 0. The lowest BCUT2D eigenvalue weighted by Gasteiger charge is -2.25. The van der Waals surface area contributed by atoms with Gasteiger partial charge in [0, 0.05) is 15.1 Å². The van der Waals surface area contributed by atoms with Crippen molar-refractivity contribution in [2.75, 3.05) is 0 Å². The van der Waals surface area contributed by atoms with Crippen LogP contribution in [0.1, 0.15) is 19.4 Å². The Hall–Kier alpha value is -0.310. The number of hydrogen-bond acceptors (Lipinski definition) is 1. The molecule has 3 heteroatoms. The van der Waals surface area contributed by atoms with E-state index in [0.29, 0.717) is 16.2 Å². The van der Waals surface area contributed by atoms with Crippen LogP contribution < -0.4 is 0 Å². The first-order valence-electron chi connectivity index (χ1n) is 4.19. The summed E-state index contributed by atoms with van der Waals surface area (Å²) >= 11 is 9.34. The van der Waals surface area contributed by atoms with Crippen molar-refractivity contribution in [2.24, 2.45) is 0 Å². The molecule has 0 bridgehead atoms. The Bertz CT molecular complexity index is 372. The first kappa shape index (κ1) is 11.8. The fraction of sp³-hybridized carbons (Fsp3) is 0.273. The van der Waals surface area contributed by atoms with Gasteiger partial charge in [0.15, 0.2) is 0 Å². The van der Waals surface area contributed by atoms with Crippen molar-refractivity contribution >= 4 is 27.5 Å². The minimum absolute atomic E-state index is 0.535. The number of aliphatic hydroxyl groups is 1. The fourth-order valence-electron chi connectivity index (χ4n) is 1.11. The van der Waals surface area contributed by atoms with E-state index < -0.39 is 5.60 Å². The van der Waals surface area contributed by atoms with E-state index in [4.69, 9.17) is 11.6 Å². The highest BCUT2D eigenvalue weighted by molar-refractivity contribution is 9.10. The molecule has 0 fully saturated rings. The molecule has 0 aliphatic heterocycles. The third-order valence-corrected chi connectivity index (χ3v) is 3.09. The molecule has 14 heavy (non-hydrogen) atoms. The molecule has 0 saturated heterocycles. The van der Waals surface area contributed by atoms with Crippen LogP contribution in [0.5, 0.6) is 0 Å². The molecule has 1 aromatic rings. The van der Waals surface area contributed by atoms with Crippen molar-refractivity contribution in [2.45, 2.75) is 19.4 Å². The van der Waals surface area contributed by atoms with Crippen LogP contribution in [0.25, 0.3) is 0 Å². The quantitative estimate of drug-likeness (QED) is 0.812. The molecule has 1 aromatic carbocycles. The maximum atomic E-state index is 10.1. The standard InChI is InChI=1S/C11H12BrClO/c1-7(2)11(3,14)9-5-4-8(12)6-10(9)13/h4-6,14H,1H2,2-3H3. The van der Waals surface area contributed by atoms with Gasteiger partial charge in [0.05, 0.1) is 0 Å². The van der Waals surface area contributed by atoms with Crippen molar-refractivity contribution in [3.63, 3.8) is 0 Å². The average molecular weight is 276 g/mol. The Balaban J connectivity index is 3.26. The molecule has 0 amide bonds. The van der Waals surface area contributed by atoms with Crippen LogP contribution in [0, 0.1) is 0 Å². The summed E-state index contributed by atoms with van der Waals surface area (Å²) in [7, 11) is 0. The monoisotopic (exact) mass is 274 g/mol. The number of rotatable bonds is 2. The molecule has 0 aliphatic carbocycles. The predicted octanol–water partition coefficient (Wildman–Crippen LogP) is 3.89. The third-order valence-electron chi connectivity index (χ3n) is 2.29. The van der Waals surface area contributed by atoms with E-state index in [2.05, 4.69) is 22.5 Å². The Labute approximate surface area is 97.5 Å². The summed E-state index contributed by atoms with van der Waals surface area (Å²) in [5, 5.41) is 10.7. The zero-order valence-electron chi connectivity index (χ0n) is 8.14. The minimum Gasteiger partial charge on any atom is -0.381 e. The topological polar surface area (TPSA) is 20.2 Å². The molecule has 0 radical (unpaired) electrons. The smallest absolute Gasteiger partial charge is 0.109 e. The normalized spacial score (nSPS) is 14.9. The van der Waals surface area contributed by atoms with E-state index in [1.807, 2.05) is 6.07 Å². The molecule has 0 spiro atoms. The molecular formula is C11H12BrClO. The van der Waals surface area contributed by atoms with Crippen LogP contribution in [-0.2, 0) is 5.60 Å². The molecule has 76 valence electrons. The molecule has 0 aliphatic rings. The van der Waals surface area contributed by atoms with Crippen LogP contribution >= 0.6 is 27.5 Å². The summed E-state index contributed by atoms with van der Waals surface area (Å²) in [4.78, 5) is 0. The van der Waals surface area contributed by atoms with Crippen molar-refractivity contribution in [1.29, 1.82) is 0 Å². The van der Waals surface area contributed by atoms with Gasteiger partial charge in [-0.1, -0.05) is 40.2 Å². The van der Waals surface area contributed by atoms with E-state index in [-0.39, 0.29) is 0 Å². The third kappa shape index (κ3) is 2.19. The van der Waals surface area contributed by atoms with Gasteiger partial charge in [-0.15, -0.1) is 0 Å². The number of halogens is 2. The molecule has 0 heterocycles. The Morgan fingerprint density at radius 1 is 1.57 bits per heavy atom. The summed E-state index contributed by atoms with van der Waals surface area (Å²) in [6.45, 7) is 7.21. The summed E-state index contributed by atoms with van der Waals surface area (Å²) in [5.41, 5.74) is 0.272. The second kappa shape index (κ2) is 4.05. The lowest BCUT2D eigenvalue weighted by Crippen LogP contribution is -2.22. The second-order valence-corrected chi connectivity index (χ2v) is 4.80. The highest BCUT2D eigenvalue weighted by atomic mass is 79.9. The molecular weight excluding hydrogens is 263 g/mol. The van der Waals surface area contributed by atoms with Crippen LogP contribution in [0.3, 0.4) is 0 Å².